The Kier molecular flexibility index (Phi) is 8.00. The van der Waals surface area contributed by atoms with E-state index in [4.69, 9.17) is 18.7 Å². The number of nitrogens with two attached hydrogens (primary N) is 1. The maximum Gasteiger partial charge on any atom is 0.209 e. The molecule has 0 atom stereocenters. The van der Waals surface area contributed by atoms with Gasteiger partial charge in [-0.2, -0.15) is 4.57 Å². The van der Waals surface area contributed by atoms with Crippen molar-refractivity contribution in [2.24, 2.45) is 0 Å². The summed E-state index contributed by atoms with van der Waals surface area (Å²) in [5.41, 5.74) is 9.31. The van der Waals surface area contributed by atoms with E-state index in [2.05, 4.69) is 23.7 Å². The summed E-state index contributed by atoms with van der Waals surface area (Å²) in [5.74, 6) is 12.8. The predicted octanol–water partition coefficient (Wildman–Crippen LogP) is 2.17. The Bertz CT molecular complexity index is 1160. The number of benzene rings is 2. The quantitative estimate of drug-likeness (QED) is 0.383. The first-order valence-electron chi connectivity index (χ1n) is 8.62. The van der Waals surface area contributed by atoms with E-state index in [0.717, 1.165) is 22.4 Å². The molecule has 0 aliphatic heterocycles. The van der Waals surface area contributed by atoms with Gasteiger partial charge in [0.05, 0.1) is 10.1 Å². The van der Waals surface area contributed by atoms with E-state index in [1.165, 1.54) is 0 Å². The summed E-state index contributed by atoms with van der Waals surface area (Å²) in [6, 6.07) is 21.6. The number of nitrogens with zero attached hydrogens (tertiary/aromatic N) is 1. The van der Waals surface area contributed by atoms with E-state index in [0.29, 0.717) is 12.8 Å². The molecule has 5 nitrogen and oxygen atoms in total. The normalized spacial score (nSPS) is 9.72. The molecule has 0 saturated carbocycles. The van der Waals surface area contributed by atoms with Crippen molar-refractivity contribution >= 4 is 15.8 Å². The average molecular weight is 404 g/mol. The van der Waals surface area contributed by atoms with Gasteiger partial charge in [-0.25, -0.2) is 8.42 Å². The second-order valence-corrected chi connectivity index (χ2v) is 7.38. The minimum absolute atomic E-state index is 0.604. The molecule has 0 spiro atoms. The van der Waals surface area contributed by atoms with E-state index in [1.807, 2.05) is 83.7 Å². The Morgan fingerprint density at radius 2 is 1.38 bits per heavy atom. The monoisotopic (exact) mass is 404 g/mol. The van der Waals surface area contributed by atoms with Gasteiger partial charge in [-0.15, -0.1) is 0 Å². The summed E-state index contributed by atoms with van der Waals surface area (Å²) >= 11 is 0. The molecule has 0 radical (unpaired) electrons. The lowest BCUT2D eigenvalue weighted by atomic mass is 10.1. The summed E-state index contributed by atoms with van der Waals surface area (Å²) < 4.78 is 29.2. The van der Waals surface area contributed by atoms with E-state index in [-0.39, 0.29) is 0 Å². The van der Waals surface area contributed by atoms with Crippen LogP contribution in [0.2, 0.25) is 0 Å². The zero-order chi connectivity index (χ0) is 21.1. The van der Waals surface area contributed by atoms with Gasteiger partial charge in [0.2, 0.25) is 6.54 Å². The first kappa shape index (κ1) is 21.7. The smallest absolute Gasteiger partial charge is 0.209 e. The van der Waals surface area contributed by atoms with Gasteiger partial charge in [-0.1, -0.05) is 48.1 Å². The number of anilines is 1. The topological polar surface area (TPSA) is 87.1 Å². The van der Waals surface area contributed by atoms with Crippen LogP contribution in [0.4, 0.5) is 5.69 Å². The summed E-state index contributed by atoms with van der Waals surface area (Å²) in [7, 11) is -3.92. The van der Waals surface area contributed by atoms with Crippen molar-refractivity contribution in [3.63, 3.8) is 0 Å². The molecule has 1 aromatic heterocycles. The van der Waals surface area contributed by atoms with Crippen molar-refractivity contribution < 1.29 is 17.5 Å². The van der Waals surface area contributed by atoms with Crippen LogP contribution in [-0.4, -0.2) is 19.2 Å². The molecule has 0 fully saturated rings. The van der Waals surface area contributed by atoms with Gasteiger partial charge in [0, 0.05) is 40.8 Å². The molecule has 0 bridgehead atoms. The largest absolute Gasteiger partial charge is 0.748 e. The minimum Gasteiger partial charge on any atom is -0.748 e. The predicted molar refractivity (Wildman–Crippen MR) is 112 cm³/mol. The molecule has 1 heterocycles. The van der Waals surface area contributed by atoms with Crippen molar-refractivity contribution in [2.75, 3.05) is 12.0 Å². The van der Waals surface area contributed by atoms with Gasteiger partial charge in [0.1, 0.15) is 0 Å². The van der Waals surface area contributed by atoms with Gasteiger partial charge in [-0.3, -0.25) is 0 Å². The fourth-order valence-corrected chi connectivity index (χ4v) is 2.16. The van der Waals surface area contributed by atoms with Crippen LogP contribution in [0.3, 0.4) is 0 Å². The average Bonchev–Trinajstić information content (AvgIpc) is 2.68. The first-order chi connectivity index (χ1) is 13.8. The molecule has 146 valence electrons. The molecule has 3 rings (SSSR count). The minimum atomic E-state index is -3.92. The number of hydrogen-bond donors (Lipinski definition) is 1. The number of aromatic nitrogens is 1. The highest BCUT2D eigenvalue weighted by molar-refractivity contribution is 7.84. The van der Waals surface area contributed by atoms with Gasteiger partial charge < -0.3 is 10.3 Å². The molecule has 6 heteroatoms. The fraction of sp³-hybridized carbons (Fsp3) is 0.0870. The van der Waals surface area contributed by atoms with Crippen LogP contribution in [0.1, 0.15) is 16.7 Å². The molecule has 2 N–H and O–H groups in total. The summed E-state index contributed by atoms with van der Waals surface area (Å²) in [4.78, 5) is 0. The highest BCUT2D eigenvalue weighted by Crippen LogP contribution is 2.06. The maximum atomic E-state index is 9.08. The lowest BCUT2D eigenvalue weighted by molar-refractivity contribution is -0.684. The Morgan fingerprint density at radius 3 is 1.97 bits per heavy atom. The first-order valence-corrected chi connectivity index (χ1v) is 10.4. The van der Waals surface area contributed by atoms with Crippen molar-refractivity contribution in [1.82, 2.24) is 0 Å². The summed E-state index contributed by atoms with van der Waals surface area (Å²) in [6.45, 7) is 0.612. The zero-order valence-corrected chi connectivity index (χ0v) is 16.7. The third-order valence-corrected chi connectivity index (χ3v) is 3.44. The number of hydrogen-bond acceptors (Lipinski definition) is 4. The van der Waals surface area contributed by atoms with E-state index in [9.17, 15) is 0 Å². The van der Waals surface area contributed by atoms with Crippen molar-refractivity contribution in [3.8, 4) is 23.7 Å². The number of rotatable bonds is 1. The number of nitrogen functional groups attached to an aromatic ring is 1. The SMILES string of the molecule is CS(=O)(=O)[O-].Nc1cc[n+](CC#Cc2ccccc2C#Cc2ccccc2)cc1. The Labute approximate surface area is 171 Å². The highest BCUT2D eigenvalue weighted by Gasteiger charge is 1.97. The van der Waals surface area contributed by atoms with Gasteiger partial charge >= 0.3 is 0 Å². The van der Waals surface area contributed by atoms with E-state index < -0.39 is 10.1 Å². The molecular formula is C23H20N2O3S. The van der Waals surface area contributed by atoms with Crippen LogP contribution in [0.5, 0.6) is 0 Å². The van der Waals surface area contributed by atoms with Crippen LogP contribution in [-0.2, 0) is 16.7 Å². The second kappa shape index (κ2) is 10.7. The highest BCUT2D eigenvalue weighted by atomic mass is 32.2. The molecule has 2 aromatic carbocycles. The lowest BCUT2D eigenvalue weighted by Crippen LogP contribution is -2.31. The molecular weight excluding hydrogens is 384 g/mol. The second-order valence-electron chi connectivity index (χ2n) is 5.97. The zero-order valence-electron chi connectivity index (χ0n) is 15.9. The van der Waals surface area contributed by atoms with Crippen molar-refractivity contribution in [1.29, 1.82) is 0 Å². The molecule has 0 unspecified atom stereocenters. The van der Waals surface area contributed by atoms with Crippen molar-refractivity contribution in [3.05, 3.63) is 95.8 Å². The van der Waals surface area contributed by atoms with Gasteiger partial charge in [0.15, 0.2) is 12.4 Å². The molecule has 0 aliphatic carbocycles. The third kappa shape index (κ3) is 9.25. The van der Waals surface area contributed by atoms with Crippen LogP contribution >= 0.6 is 0 Å². The van der Waals surface area contributed by atoms with Gasteiger partial charge in [0.25, 0.3) is 0 Å². The molecule has 3 aromatic rings. The molecule has 29 heavy (non-hydrogen) atoms. The van der Waals surface area contributed by atoms with Crippen molar-refractivity contribution in [2.45, 2.75) is 6.54 Å². The lowest BCUT2D eigenvalue weighted by Gasteiger charge is -1.95. The van der Waals surface area contributed by atoms with Crippen LogP contribution in [0.25, 0.3) is 0 Å². The Morgan fingerprint density at radius 1 is 0.862 bits per heavy atom. The van der Waals surface area contributed by atoms with Gasteiger partial charge in [-0.05, 0) is 30.2 Å². The number of pyridine rings is 1. The van der Waals surface area contributed by atoms with E-state index in [1.54, 1.807) is 0 Å². The van der Waals surface area contributed by atoms with Crippen LogP contribution in [0, 0.1) is 23.7 Å². The Hall–Kier alpha value is -3.58. The molecule has 0 amide bonds. The molecule has 0 saturated heterocycles. The fourth-order valence-electron chi connectivity index (χ4n) is 2.16. The maximum absolute atomic E-state index is 9.08. The van der Waals surface area contributed by atoms with E-state index >= 15 is 0 Å². The van der Waals surface area contributed by atoms with Crippen LogP contribution in [0.15, 0.2) is 79.1 Å². The van der Waals surface area contributed by atoms with Crippen LogP contribution < -0.4 is 10.3 Å². The summed E-state index contributed by atoms with van der Waals surface area (Å²) in [6.07, 6.45) is 4.45. The standard InChI is InChI=1S/C22H16N2.CH4O3S/c23-22-14-17-24(18-15-22)16-6-11-20-9-4-5-10-21(20)13-12-19-7-2-1-3-8-19;1-5(2,3)4/h1-5,7-10,14-15,17-18,23H,16H2;1H3,(H,2,3,4). The third-order valence-electron chi connectivity index (χ3n) is 3.44. The Balaban J connectivity index is 0.000000537. The molecule has 0 aliphatic rings. The summed E-state index contributed by atoms with van der Waals surface area (Å²) in [5, 5.41) is 0.